The summed E-state index contributed by atoms with van der Waals surface area (Å²) in [5.41, 5.74) is 1.80. The van der Waals surface area contributed by atoms with Crippen molar-refractivity contribution in [3.8, 4) is 11.5 Å². The number of amides is 2. The van der Waals surface area contributed by atoms with Gasteiger partial charge in [0, 0.05) is 19.0 Å². The van der Waals surface area contributed by atoms with Gasteiger partial charge in [-0.25, -0.2) is 0 Å². The van der Waals surface area contributed by atoms with E-state index in [-0.39, 0.29) is 30.8 Å². The zero-order valence-corrected chi connectivity index (χ0v) is 23.5. The summed E-state index contributed by atoms with van der Waals surface area (Å²) in [6, 6.07) is 10.7. The number of carbonyl (C=O) groups is 2. The predicted octanol–water partition coefficient (Wildman–Crippen LogP) is 6.59. The fourth-order valence-corrected chi connectivity index (χ4v) is 5.09. The van der Waals surface area contributed by atoms with E-state index in [2.05, 4.69) is 5.32 Å². The van der Waals surface area contributed by atoms with Crippen LogP contribution in [0.1, 0.15) is 70.4 Å². The van der Waals surface area contributed by atoms with Crippen LogP contribution in [0.2, 0.25) is 10.0 Å². The first kappa shape index (κ1) is 29.1. The van der Waals surface area contributed by atoms with Crippen molar-refractivity contribution in [2.75, 3.05) is 13.2 Å². The fraction of sp³-hybridized carbons (Fsp3) is 0.517. The van der Waals surface area contributed by atoms with Crippen molar-refractivity contribution in [2.24, 2.45) is 0 Å². The zero-order chi connectivity index (χ0) is 26.8. The monoisotopic (exact) mass is 548 g/mol. The van der Waals surface area contributed by atoms with Crippen molar-refractivity contribution in [3.63, 3.8) is 0 Å². The first-order chi connectivity index (χ1) is 17.9. The maximum atomic E-state index is 13.6. The standard InChI is InChI=1S/C29H38Cl2N2O4/c1-4-25(29(35)32-22-9-7-8-10-22)33(19-21-11-14-23(30)24(31)17-21)28(34)16-13-20-12-15-26(36-5-2)27(18-20)37-6-3/h11-12,14-15,17-18,22,25H,4-10,13,16,19H2,1-3H3,(H,32,35). The maximum Gasteiger partial charge on any atom is 0.243 e. The second-order valence-corrected chi connectivity index (χ2v) is 10.1. The molecule has 1 atom stereocenters. The molecule has 1 N–H and O–H groups in total. The number of nitrogens with zero attached hydrogens (tertiary/aromatic N) is 1. The minimum atomic E-state index is -0.568. The van der Waals surface area contributed by atoms with Gasteiger partial charge in [-0.05, 0) is 74.9 Å². The van der Waals surface area contributed by atoms with Crippen LogP contribution in [0.25, 0.3) is 0 Å². The fourth-order valence-electron chi connectivity index (χ4n) is 4.77. The number of ether oxygens (including phenoxy) is 2. The minimum Gasteiger partial charge on any atom is -0.490 e. The molecule has 2 aromatic carbocycles. The smallest absolute Gasteiger partial charge is 0.243 e. The molecule has 2 amide bonds. The van der Waals surface area contributed by atoms with Gasteiger partial charge < -0.3 is 19.7 Å². The molecule has 1 aliphatic rings. The number of nitrogens with one attached hydrogen (secondary N) is 1. The van der Waals surface area contributed by atoms with Gasteiger partial charge in [0.05, 0.1) is 23.3 Å². The van der Waals surface area contributed by atoms with E-state index in [1.165, 1.54) is 0 Å². The van der Waals surface area contributed by atoms with Crippen molar-refractivity contribution in [2.45, 2.75) is 84.3 Å². The molecule has 0 aromatic heterocycles. The summed E-state index contributed by atoms with van der Waals surface area (Å²) < 4.78 is 11.4. The molecule has 202 valence electrons. The van der Waals surface area contributed by atoms with Gasteiger partial charge in [-0.1, -0.05) is 55.1 Å². The van der Waals surface area contributed by atoms with Gasteiger partial charge in [0.15, 0.2) is 11.5 Å². The maximum absolute atomic E-state index is 13.6. The molecule has 0 radical (unpaired) electrons. The number of rotatable bonds is 13. The molecule has 37 heavy (non-hydrogen) atoms. The summed E-state index contributed by atoms with van der Waals surface area (Å²) >= 11 is 12.3. The Labute approximate surface area is 230 Å². The Morgan fingerprint density at radius 2 is 1.62 bits per heavy atom. The van der Waals surface area contributed by atoms with Crippen molar-refractivity contribution in [1.29, 1.82) is 0 Å². The summed E-state index contributed by atoms with van der Waals surface area (Å²) in [4.78, 5) is 28.6. The van der Waals surface area contributed by atoms with E-state index < -0.39 is 6.04 Å². The second kappa shape index (κ2) is 14.5. The summed E-state index contributed by atoms with van der Waals surface area (Å²) in [5.74, 6) is 1.17. The topological polar surface area (TPSA) is 67.9 Å². The lowest BCUT2D eigenvalue weighted by molar-refractivity contribution is -0.141. The van der Waals surface area contributed by atoms with E-state index in [1.54, 1.807) is 17.0 Å². The number of halogens is 2. The van der Waals surface area contributed by atoms with Crippen LogP contribution in [-0.4, -0.2) is 42.0 Å². The highest BCUT2D eigenvalue weighted by atomic mass is 35.5. The zero-order valence-electron chi connectivity index (χ0n) is 22.0. The van der Waals surface area contributed by atoms with Crippen molar-refractivity contribution < 1.29 is 19.1 Å². The molecular formula is C29H38Cl2N2O4. The minimum absolute atomic E-state index is 0.0914. The Morgan fingerprint density at radius 3 is 2.27 bits per heavy atom. The molecule has 1 fully saturated rings. The van der Waals surface area contributed by atoms with Crippen LogP contribution < -0.4 is 14.8 Å². The van der Waals surface area contributed by atoms with Gasteiger partial charge >= 0.3 is 0 Å². The third-order valence-corrected chi connectivity index (χ3v) is 7.40. The van der Waals surface area contributed by atoms with E-state index in [9.17, 15) is 9.59 Å². The Hall–Kier alpha value is -2.44. The summed E-state index contributed by atoms with van der Waals surface area (Å²) in [5, 5.41) is 4.05. The molecule has 8 heteroatoms. The first-order valence-corrected chi connectivity index (χ1v) is 14.0. The van der Waals surface area contributed by atoms with Crippen molar-refractivity contribution in [3.05, 3.63) is 57.6 Å². The van der Waals surface area contributed by atoms with Gasteiger partial charge in [-0.2, -0.15) is 0 Å². The van der Waals surface area contributed by atoms with Crippen LogP contribution >= 0.6 is 23.2 Å². The second-order valence-electron chi connectivity index (χ2n) is 9.33. The van der Waals surface area contributed by atoms with Gasteiger partial charge in [0.25, 0.3) is 0 Å². The van der Waals surface area contributed by atoms with Gasteiger partial charge in [-0.15, -0.1) is 0 Å². The summed E-state index contributed by atoms with van der Waals surface area (Å²) in [7, 11) is 0. The number of hydrogen-bond acceptors (Lipinski definition) is 4. The highest BCUT2D eigenvalue weighted by Crippen LogP contribution is 2.29. The Kier molecular flexibility index (Phi) is 11.4. The molecule has 0 spiro atoms. The lowest BCUT2D eigenvalue weighted by Gasteiger charge is -2.31. The first-order valence-electron chi connectivity index (χ1n) is 13.3. The molecular weight excluding hydrogens is 511 g/mol. The molecule has 1 saturated carbocycles. The normalized spacial score (nSPS) is 14.3. The number of aryl methyl sites for hydroxylation is 1. The van der Waals surface area contributed by atoms with Crippen LogP contribution in [0, 0.1) is 0 Å². The molecule has 0 bridgehead atoms. The predicted molar refractivity (Wildman–Crippen MR) is 149 cm³/mol. The Balaban J connectivity index is 1.79. The average Bonchev–Trinajstić information content (AvgIpc) is 3.39. The molecule has 2 aromatic rings. The lowest BCUT2D eigenvalue weighted by Crippen LogP contribution is -2.51. The van der Waals surface area contributed by atoms with Crippen LogP contribution in [0.4, 0.5) is 0 Å². The molecule has 0 saturated heterocycles. The molecule has 6 nitrogen and oxygen atoms in total. The number of carbonyl (C=O) groups excluding carboxylic acids is 2. The Morgan fingerprint density at radius 1 is 0.946 bits per heavy atom. The SMILES string of the molecule is CCOc1ccc(CCC(=O)N(Cc2ccc(Cl)c(Cl)c2)C(CC)C(=O)NC2CCCC2)cc1OCC. The third kappa shape index (κ3) is 8.27. The van der Waals surface area contributed by atoms with E-state index >= 15 is 0 Å². The molecule has 0 aliphatic heterocycles. The van der Waals surface area contributed by atoms with Crippen molar-refractivity contribution >= 4 is 35.0 Å². The largest absolute Gasteiger partial charge is 0.490 e. The molecule has 1 unspecified atom stereocenters. The molecule has 0 heterocycles. The summed E-state index contributed by atoms with van der Waals surface area (Å²) in [6.07, 6.45) is 5.52. The van der Waals surface area contributed by atoms with Crippen LogP contribution in [0.3, 0.4) is 0 Å². The Bertz CT molecular complexity index is 1060. The highest BCUT2D eigenvalue weighted by Gasteiger charge is 2.30. The number of hydrogen-bond donors (Lipinski definition) is 1. The van der Waals surface area contributed by atoms with Crippen LogP contribution in [0.15, 0.2) is 36.4 Å². The molecule has 3 rings (SSSR count). The van der Waals surface area contributed by atoms with Gasteiger partial charge in [-0.3, -0.25) is 9.59 Å². The number of benzene rings is 2. The van der Waals surface area contributed by atoms with E-state index in [0.717, 1.165) is 36.8 Å². The highest BCUT2D eigenvalue weighted by molar-refractivity contribution is 6.42. The van der Waals surface area contributed by atoms with E-state index in [0.29, 0.717) is 47.6 Å². The van der Waals surface area contributed by atoms with Crippen molar-refractivity contribution in [1.82, 2.24) is 10.2 Å². The lowest BCUT2D eigenvalue weighted by atomic mass is 10.0. The quantitative estimate of drug-likeness (QED) is 0.306. The third-order valence-electron chi connectivity index (χ3n) is 6.66. The van der Waals surface area contributed by atoms with Crippen LogP contribution in [-0.2, 0) is 22.6 Å². The summed E-state index contributed by atoms with van der Waals surface area (Å²) in [6.45, 7) is 7.14. The van der Waals surface area contributed by atoms with E-state index in [4.69, 9.17) is 32.7 Å². The van der Waals surface area contributed by atoms with Gasteiger partial charge in [0.2, 0.25) is 11.8 Å². The average molecular weight is 550 g/mol. The van der Waals surface area contributed by atoms with Crippen LogP contribution in [0.5, 0.6) is 11.5 Å². The molecule has 1 aliphatic carbocycles. The van der Waals surface area contributed by atoms with Gasteiger partial charge in [0.1, 0.15) is 6.04 Å². The van der Waals surface area contributed by atoms with E-state index in [1.807, 2.05) is 45.0 Å².